The quantitative estimate of drug-likeness (QED) is 0.251. The number of benzene rings is 2. The predicted molar refractivity (Wildman–Crippen MR) is 90.7 cm³/mol. The molecule has 0 bridgehead atoms. The van der Waals surface area contributed by atoms with Gasteiger partial charge in [-0.3, -0.25) is 0 Å². The van der Waals surface area contributed by atoms with Gasteiger partial charge in [-0.1, -0.05) is 11.1 Å². The lowest BCUT2D eigenvalue weighted by Gasteiger charge is -2.06. The van der Waals surface area contributed by atoms with E-state index in [0.717, 1.165) is 28.1 Å². The summed E-state index contributed by atoms with van der Waals surface area (Å²) in [6.07, 6.45) is 0. The zero-order valence-corrected chi connectivity index (χ0v) is 13.2. The summed E-state index contributed by atoms with van der Waals surface area (Å²) in [5.41, 5.74) is 26.4. The second kappa shape index (κ2) is 8.35. The van der Waals surface area contributed by atoms with E-state index >= 15 is 0 Å². The van der Waals surface area contributed by atoms with Crippen LogP contribution in [0.1, 0.15) is 11.1 Å². The molecular weight excluding hydrogens is 304 g/mol. The Balaban J connectivity index is 0.000000235. The van der Waals surface area contributed by atoms with Crippen LogP contribution >= 0.6 is 12.0 Å². The Morgan fingerprint density at radius 2 is 1.45 bits per heavy atom. The van der Waals surface area contributed by atoms with E-state index in [1.807, 2.05) is 32.0 Å². The van der Waals surface area contributed by atoms with Crippen LogP contribution < -0.4 is 22.9 Å². The molecule has 0 atom stereocenters. The smallest absolute Gasteiger partial charge is 0.0718 e. The van der Waals surface area contributed by atoms with Crippen LogP contribution in [0, 0.1) is 13.8 Å². The first-order chi connectivity index (χ1) is 10.3. The van der Waals surface area contributed by atoms with Gasteiger partial charge < -0.3 is 22.9 Å². The fourth-order valence-corrected chi connectivity index (χ4v) is 2.03. The lowest BCUT2D eigenvalue weighted by molar-refractivity contribution is -0.432. The van der Waals surface area contributed by atoms with Gasteiger partial charge >= 0.3 is 0 Å². The fraction of sp³-hybridized carbons (Fsp3) is 0.143. The summed E-state index contributed by atoms with van der Waals surface area (Å²) in [4.78, 5) is 0.737. The molecule has 7 nitrogen and oxygen atoms in total. The van der Waals surface area contributed by atoms with Gasteiger partial charge in [-0.2, -0.15) is 0 Å². The molecule has 0 saturated carbocycles. The SMILES string of the molecule is Cc1cc(N)c(N)cc1SOOO.Cc1ccc(N)c(N)c1. The van der Waals surface area contributed by atoms with Crippen molar-refractivity contribution in [3.05, 3.63) is 41.5 Å². The predicted octanol–water partition coefficient (Wildman–Crippen LogP) is 2.75. The summed E-state index contributed by atoms with van der Waals surface area (Å²) in [6.45, 7) is 3.83. The third-order valence-corrected chi connectivity index (χ3v) is 3.53. The van der Waals surface area contributed by atoms with Gasteiger partial charge in [-0.05, 0) is 49.2 Å². The second-order valence-electron chi connectivity index (χ2n) is 4.60. The van der Waals surface area contributed by atoms with Crippen LogP contribution in [-0.4, -0.2) is 5.26 Å². The van der Waals surface area contributed by atoms with Crippen molar-refractivity contribution < 1.29 is 14.6 Å². The van der Waals surface area contributed by atoms with E-state index in [2.05, 4.69) is 9.37 Å². The zero-order valence-electron chi connectivity index (χ0n) is 12.4. The molecule has 0 spiro atoms. The molecule has 0 saturated heterocycles. The van der Waals surface area contributed by atoms with Crippen molar-refractivity contribution in [3.63, 3.8) is 0 Å². The molecular formula is C14H20N4O3S. The topological polar surface area (TPSA) is 143 Å². The van der Waals surface area contributed by atoms with E-state index in [0.29, 0.717) is 22.7 Å². The minimum absolute atomic E-state index is 0.467. The Bertz CT molecular complexity index is 638. The molecule has 0 radical (unpaired) electrons. The van der Waals surface area contributed by atoms with Gasteiger partial charge in [0.25, 0.3) is 0 Å². The Kier molecular flexibility index (Phi) is 6.80. The van der Waals surface area contributed by atoms with Gasteiger partial charge in [0.1, 0.15) is 0 Å². The Morgan fingerprint density at radius 1 is 0.864 bits per heavy atom. The van der Waals surface area contributed by atoms with Crippen LogP contribution in [0.15, 0.2) is 35.2 Å². The molecule has 0 aliphatic heterocycles. The molecule has 2 rings (SSSR count). The zero-order chi connectivity index (χ0) is 16.7. The van der Waals surface area contributed by atoms with E-state index in [9.17, 15) is 0 Å². The first-order valence-electron chi connectivity index (χ1n) is 6.27. The van der Waals surface area contributed by atoms with Crippen molar-refractivity contribution in [2.45, 2.75) is 18.7 Å². The highest BCUT2D eigenvalue weighted by Crippen LogP contribution is 2.29. The number of hydrogen-bond acceptors (Lipinski definition) is 8. The monoisotopic (exact) mass is 324 g/mol. The summed E-state index contributed by atoms with van der Waals surface area (Å²) < 4.78 is 4.27. The molecule has 2 aromatic carbocycles. The molecule has 8 heteroatoms. The van der Waals surface area contributed by atoms with Crippen LogP contribution in [0.4, 0.5) is 22.7 Å². The fourth-order valence-electron chi connectivity index (χ4n) is 1.56. The summed E-state index contributed by atoms with van der Waals surface area (Å²) in [7, 11) is 0. The van der Waals surface area contributed by atoms with Crippen LogP contribution in [0.2, 0.25) is 0 Å². The summed E-state index contributed by atoms with van der Waals surface area (Å²) in [5, 5.41) is 11.4. The standard InChI is InChI=1S/C7H10N2O3S.C7H10N2/c1-4-2-5(8)6(9)3-7(4)13-12-11-10;1-5-2-3-6(8)7(9)4-5/h2-3,10H,8-9H2,1H3;2-4H,8-9H2,1H3. The van der Waals surface area contributed by atoms with E-state index in [-0.39, 0.29) is 0 Å². The lowest BCUT2D eigenvalue weighted by Crippen LogP contribution is -1.96. The van der Waals surface area contributed by atoms with Gasteiger partial charge in [0.2, 0.25) is 0 Å². The Morgan fingerprint density at radius 3 is 2.00 bits per heavy atom. The first kappa shape index (κ1) is 17.9. The van der Waals surface area contributed by atoms with Crippen molar-refractivity contribution in [1.82, 2.24) is 0 Å². The van der Waals surface area contributed by atoms with Gasteiger partial charge in [0.15, 0.2) is 0 Å². The summed E-state index contributed by atoms with van der Waals surface area (Å²) >= 11 is 0.862. The van der Waals surface area contributed by atoms with Crippen molar-refractivity contribution in [1.29, 1.82) is 0 Å². The van der Waals surface area contributed by atoms with Crippen molar-refractivity contribution in [2.75, 3.05) is 22.9 Å². The van der Waals surface area contributed by atoms with Crippen LogP contribution in [-0.2, 0) is 9.37 Å². The maximum atomic E-state index is 7.94. The second-order valence-corrected chi connectivity index (χ2v) is 5.35. The number of aryl methyl sites for hydroxylation is 2. The molecule has 0 unspecified atom stereocenters. The molecule has 0 aliphatic rings. The van der Waals surface area contributed by atoms with Gasteiger partial charge in [-0.15, -0.1) is 4.33 Å². The number of nitrogen functional groups attached to an aromatic ring is 4. The van der Waals surface area contributed by atoms with Crippen molar-refractivity contribution in [2.24, 2.45) is 0 Å². The highest BCUT2D eigenvalue weighted by molar-refractivity contribution is 7.94. The summed E-state index contributed by atoms with van der Waals surface area (Å²) in [5.74, 6) is 0. The number of rotatable bonds is 3. The Labute approximate surface area is 133 Å². The normalized spacial score (nSPS) is 9.95. The van der Waals surface area contributed by atoms with Gasteiger partial charge in [-0.25, -0.2) is 5.26 Å². The molecule has 120 valence electrons. The van der Waals surface area contributed by atoms with Gasteiger partial charge in [0, 0.05) is 4.90 Å². The maximum absolute atomic E-state index is 7.94. The third-order valence-electron chi connectivity index (χ3n) is 2.78. The van der Waals surface area contributed by atoms with Gasteiger partial charge in [0.05, 0.1) is 34.8 Å². The van der Waals surface area contributed by atoms with Crippen LogP contribution in [0.3, 0.4) is 0 Å². The lowest BCUT2D eigenvalue weighted by atomic mass is 10.2. The summed E-state index contributed by atoms with van der Waals surface area (Å²) in [6, 6.07) is 8.97. The largest absolute Gasteiger partial charge is 0.397 e. The van der Waals surface area contributed by atoms with Crippen molar-refractivity contribution in [3.8, 4) is 0 Å². The van der Waals surface area contributed by atoms with Crippen LogP contribution in [0.5, 0.6) is 0 Å². The average Bonchev–Trinajstić information content (AvgIpc) is 2.46. The van der Waals surface area contributed by atoms with Crippen molar-refractivity contribution >= 4 is 34.8 Å². The minimum Gasteiger partial charge on any atom is -0.397 e. The number of nitrogens with two attached hydrogens (primary N) is 4. The first-order valence-corrected chi connectivity index (χ1v) is 7.01. The molecule has 0 aliphatic carbocycles. The molecule has 9 N–H and O–H groups in total. The van der Waals surface area contributed by atoms with E-state index in [4.69, 9.17) is 28.2 Å². The maximum Gasteiger partial charge on any atom is 0.0718 e. The molecule has 0 fully saturated rings. The molecule has 0 aromatic heterocycles. The minimum atomic E-state index is 0.467. The molecule has 0 heterocycles. The van der Waals surface area contributed by atoms with E-state index < -0.39 is 0 Å². The Hall–Kier alpha value is -2.13. The highest BCUT2D eigenvalue weighted by atomic mass is 32.2. The highest BCUT2D eigenvalue weighted by Gasteiger charge is 2.04. The third kappa shape index (κ3) is 5.34. The molecule has 0 amide bonds. The number of hydrogen-bond donors (Lipinski definition) is 5. The van der Waals surface area contributed by atoms with Crippen LogP contribution in [0.25, 0.3) is 0 Å². The molecule has 2 aromatic rings. The van der Waals surface area contributed by atoms with E-state index in [1.165, 1.54) is 0 Å². The average molecular weight is 324 g/mol. The molecule has 22 heavy (non-hydrogen) atoms. The number of anilines is 4. The van der Waals surface area contributed by atoms with E-state index in [1.54, 1.807) is 12.1 Å².